The molecule has 8 nitrogen and oxygen atoms in total. The summed E-state index contributed by atoms with van der Waals surface area (Å²) in [7, 11) is 0. The van der Waals surface area contributed by atoms with E-state index < -0.39 is 5.76 Å². The average Bonchev–Trinajstić information content (AvgIpc) is 3.39. The molecule has 0 saturated carbocycles. The molecule has 1 saturated heterocycles. The topological polar surface area (TPSA) is 97.7 Å². The minimum absolute atomic E-state index is 0.0841. The van der Waals surface area contributed by atoms with E-state index in [-0.39, 0.29) is 24.3 Å². The van der Waals surface area contributed by atoms with Gasteiger partial charge in [0.1, 0.15) is 12.1 Å². The maximum atomic E-state index is 12.8. The summed E-state index contributed by atoms with van der Waals surface area (Å²) < 4.78 is 12.2. The van der Waals surface area contributed by atoms with E-state index >= 15 is 0 Å². The number of oxazole rings is 1. The van der Waals surface area contributed by atoms with E-state index in [1.54, 1.807) is 35.2 Å². The minimum Gasteiger partial charge on any atom is -0.451 e. The molecule has 32 heavy (non-hydrogen) atoms. The number of fused-ring (bicyclic) bond motifs is 2. The van der Waals surface area contributed by atoms with Crippen LogP contribution in [0.25, 0.3) is 22.1 Å². The molecule has 1 aliphatic heterocycles. The van der Waals surface area contributed by atoms with Crippen molar-refractivity contribution in [3.8, 4) is 0 Å². The summed E-state index contributed by atoms with van der Waals surface area (Å²) in [5.41, 5.74) is 1.77. The summed E-state index contributed by atoms with van der Waals surface area (Å²) in [6.45, 7) is 1.65. The zero-order chi connectivity index (χ0) is 22.1. The van der Waals surface area contributed by atoms with Crippen molar-refractivity contribution in [2.45, 2.75) is 19.4 Å². The Labute approximate surface area is 183 Å². The van der Waals surface area contributed by atoms with E-state index in [0.29, 0.717) is 42.1 Å². The molecule has 0 spiro atoms. The first kappa shape index (κ1) is 20.1. The van der Waals surface area contributed by atoms with Crippen molar-refractivity contribution < 1.29 is 18.4 Å². The third-order valence-corrected chi connectivity index (χ3v) is 6.00. The Hall–Kier alpha value is -3.81. The van der Waals surface area contributed by atoms with Gasteiger partial charge < -0.3 is 19.1 Å². The van der Waals surface area contributed by atoms with Crippen LogP contribution in [0.15, 0.2) is 68.2 Å². The Bertz CT molecular complexity index is 1310. The van der Waals surface area contributed by atoms with E-state index in [0.717, 1.165) is 18.2 Å². The fourth-order valence-corrected chi connectivity index (χ4v) is 4.20. The summed E-state index contributed by atoms with van der Waals surface area (Å²) in [5.74, 6) is -0.250. The molecule has 164 valence electrons. The summed E-state index contributed by atoms with van der Waals surface area (Å²) in [5, 5.41) is 3.83. The van der Waals surface area contributed by atoms with Gasteiger partial charge in [0.25, 0.3) is 5.91 Å². The quantitative estimate of drug-likeness (QED) is 0.522. The fraction of sp³-hybridized carbons (Fsp3) is 0.292. The predicted octanol–water partition coefficient (Wildman–Crippen LogP) is 3.01. The molecule has 0 bridgehead atoms. The number of piperidine rings is 1. The van der Waals surface area contributed by atoms with E-state index in [2.05, 4.69) is 5.32 Å². The number of hydrogen-bond donors (Lipinski definition) is 1. The van der Waals surface area contributed by atoms with Gasteiger partial charge in [-0.25, -0.2) is 4.79 Å². The van der Waals surface area contributed by atoms with Gasteiger partial charge in [-0.15, -0.1) is 0 Å². The SMILES string of the molecule is O=C(Cn1c(=O)oc2ccccc21)NCC1CCN(C(=O)c2cc3ccccc3o2)CC1. The van der Waals surface area contributed by atoms with Crippen molar-refractivity contribution in [1.29, 1.82) is 0 Å². The monoisotopic (exact) mass is 433 g/mol. The maximum absolute atomic E-state index is 12.8. The number of nitrogens with zero attached hydrogens (tertiary/aromatic N) is 2. The van der Waals surface area contributed by atoms with E-state index in [1.807, 2.05) is 24.3 Å². The van der Waals surface area contributed by atoms with Crippen LogP contribution in [-0.2, 0) is 11.3 Å². The van der Waals surface area contributed by atoms with Crippen LogP contribution < -0.4 is 11.1 Å². The molecule has 2 amide bonds. The molecule has 0 aliphatic carbocycles. The molecular formula is C24H23N3O5. The Morgan fingerprint density at radius 2 is 1.69 bits per heavy atom. The van der Waals surface area contributed by atoms with Gasteiger partial charge in [0.2, 0.25) is 5.91 Å². The van der Waals surface area contributed by atoms with Crippen molar-refractivity contribution in [2.75, 3.05) is 19.6 Å². The highest BCUT2D eigenvalue weighted by atomic mass is 16.4. The van der Waals surface area contributed by atoms with Crippen LogP contribution in [0.4, 0.5) is 0 Å². The molecular weight excluding hydrogens is 410 g/mol. The third kappa shape index (κ3) is 3.91. The van der Waals surface area contributed by atoms with Crippen LogP contribution in [0, 0.1) is 5.92 Å². The van der Waals surface area contributed by atoms with Crippen LogP contribution in [0.1, 0.15) is 23.4 Å². The number of amides is 2. The number of carbonyl (C=O) groups is 2. The maximum Gasteiger partial charge on any atom is 0.420 e. The van der Waals surface area contributed by atoms with Gasteiger partial charge in [-0.2, -0.15) is 0 Å². The number of nitrogens with one attached hydrogen (secondary N) is 1. The molecule has 1 fully saturated rings. The first-order valence-corrected chi connectivity index (χ1v) is 10.7. The lowest BCUT2D eigenvalue weighted by Crippen LogP contribution is -2.42. The van der Waals surface area contributed by atoms with Gasteiger partial charge in [0, 0.05) is 25.0 Å². The number of rotatable bonds is 5. The summed E-state index contributed by atoms with van der Waals surface area (Å²) in [4.78, 5) is 39.0. The zero-order valence-corrected chi connectivity index (χ0v) is 17.5. The standard InChI is InChI=1S/C24H23N3O5/c28-22(15-27-18-6-2-4-8-20(18)32-24(27)30)25-14-16-9-11-26(12-10-16)23(29)21-13-17-5-1-3-7-19(17)31-21/h1-8,13,16H,9-12,14-15H2,(H,25,28). The second-order valence-corrected chi connectivity index (χ2v) is 8.11. The molecule has 4 aromatic rings. The van der Waals surface area contributed by atoms with Gasteiger partial charge in [-0.05, 0) is 43.0 Å². The largest absolute Gasteiger partial charge is 0.451 e. The van der Waals surface area contributed by atoms with Gasteiger partial charge in [0.15, 0.2) is 11.3 Å². The van der Waals surface area contributed by atoms with Crippen LogP contribution in [-0.4, -0.2) is 40.9 Å². The molecule has 2 aromatic carbocycles. The normalized spacial score (nSPS) is 14.8. The number of furan rings is 1. The van der Waals surface area contributed by atoms with E-state index in [1.165, 1.54) is 4.57 Å². The van der Waals surface area contributed by atoms with Gasteiger partial charge in [-0.3, -0.25) is 14.2 Å². The number of carbonyl (C=O) groups excluding carboxylic acids is 2. The number of para-hydroxylation sites is 3. The Morgan fingerprint density at radius 3 is 2.47 bits per heavy atom. The molecule has 1 N–H and O–H groups in total. The fourth-order valence-electron chi connectivity index (χ4n) is 4.20. The van der Waals surface area contributed by atoms with Crippen molar-refractivity contribution in [2.24, 2.45) is 5.92 Å². The smallest absolute Gasteiger partial charge is 0.420 e. The van der Waals surface area contributed by atoms with Gasteiger partial charge in [-0.1, -0.05) is 30.3 Å². The van der Waals surface area contributed by atoms with E-state index in [4.69, 9.17) is 8.83 Å². The number of hydrogen-bond acceptors (Lipinski definition) is 5. The van der Waals surface area contributed by atoms with Crippen molar-refractivity contribution in [3.05, 3.63) is 70.9 Å². The minimum atomic E-state index is -0.543. The first-order chi connectivity index (χ1) is 15.6. The zero-order valence-electron chi connectivity index (χ0n) is 17.5. The number of benzene rings is 2. The molecule has 0 radical (unpaired) electrons. The van der Waals surface area contributed by atoms with Gasteiger partial charge in [0.05, 0.1) is 5.52 Å². The van der Waals surface area contributed by atoms with Crippen molar-refractivity contribution >= 4 is 33.9 Å². The van der Waals surface area contributed by atoms with Crippen LogP contribution >= 0.6 is 0 Å². The summed E-state index contributed by atoms with van der Waals surface area (Å²) in [6.07, 6.45) is 1.58. The third-order valence-electron chi connectivity index (χ3n) is 6.00. The average molecular weight is 433 g/mol. The highest BCUT2D eigenvalue weighted by Gasteiger charge is 2.26. The molecule has 1 aliphatic rings. The summed E-state index contributed by atoms with van der Waals surface area (Å²) >= 11 is 0. The van der Waals surface area contributed by atoms with Crippen molar-refractivity contribution in [1.82, 2.24) is 14.8 Å². The molecule has 2 aromatic heterocycles. The number of likely N-dealkylation sites (tertiary alicyclic amines) is 1. The Balaban J connectivity index is 1.13. The Morgan fingerprint density at radius 1 is 0.969 bits per heavy atom. The lowest BCUT2D eigenvalue weighted by atomic mass is 9.96. The lowest BCUT2D eigenvalue weighted by Gasteiger charge is -2.31. The Kier molecular flexibility index (Phi) is 5.26. The lowest BCUT2D eigenvalue weighted by molar-refractivity contribution is -0.121. The second-order valence-electron chi connectivity index (χ2n) is 8.11. The second kappa shape index (κ2) is 8.37. The molecule has 5 rings (SSSR count). The van der Waals surface area contributed by atoms with Crippen molar-refractivity contribution in [3.63, 3.8) is 0 Å². The highest BCUT2D eigenvalue weighted by Crippen LogP contribution is 2.23. The molecule has 8 heteroatoms. The molecule has 3 heterocycles. The molecule has 0 unspecified atom stereocenters. The van der Waals surface area contributed by atoms with Gasteiger partial charge >= 0.3 is 5.76 Å². The van der Waals surface area contributed by atoms with Crippen LogP contribution in [0.3, 0.4) is 0 Å². The first-order valence-electron chi connectivity index (χ1n) is 10.7. The molecule has 0 atom stereocenters. The predicted molar refractivity (Wildman–Crippen MR) is 118 cm³/mol. The van der Waals surface area contributed by atoms with E-state index in [9.17, 15) is 14.4 Å². The summed E-state index contributed by atoms with van der Waals surface area (Å²) in [6, 6.07) is 16.4. The van der Waals surface area contributed by atoms with Crippen LogP contribution in [0.2, 0.25) is 0 Å². The highest BCUT2D eigenvalue weighted by molar-refractivity contribution is 5.96. The number of aromatic nitrogens is 1. The van der Waals surface area contributed by atoms with Crippen LogP contribution in [0.5, 0.6) is 0 Å².